The van der Waals surface area contributed by atoms with Crippen LogP contribution in [0.4, 0.5) is 0 Å². The summed E-state index contributed by atoms with van der Waals surface area (Å²) in [7, 11) is 0. The van der Waals surface area contributed by atoms with E-state index in [-0.39, 0.29) is 23.9 Å². The molecule has 0 aliphatic rings. The van der Waals surface area contributed by atoms with Gasteiger partial charge in [-0.3, -0.25) is 9.59 Å². The van der Waals surface area contributed by atoms with Crippen molar-refractivity contribution in [2.45, 2.75) is 53.6 Å². The molecule has 4 heteroatoms. The first-order valence-electron chi connectivity index (χ1n) is 4.88. The zero-order valence-electron chi connectivity index (χ0n) is 9.87. The number of amides is 2. The Morgan fingerprint density at radius 1 is 0.786 bits per heavy atom. The zero-order valence-corrected chi connectivity index (χ0v) is 9.87. The van der Waals surface area contributed by atoms with Crippen molar-refractivity contribution in [3.05, 3.63) is 0 Å². The predicted octanol–water partition coefficient (Wildman–Crippen LogP) is 1.42. The molecule has 14 heavy (non-hydrogen) atoms. The maximum Gasteiger partial charge on any atom is 0.238 e. The molecule has 0 aliphatic heterocycles. The van der Waals surface area contributed by atoms with Crippen LogP contribution in [0.3, 0.4) is 0 Å². The molecule has 0 bridgehead atoms. The molecule has 0 heterocycles. The Morgan fingerprint density at radius 3 is 1.07 bits per heavy atom. The smallest absolute Gasteiger partial charge is 0.238 e. The van der Waals surface area contributed by atoms with Crippen molar-refractivity contribution in [3.8, 4) is 0 Å². The highest BCUT2D eigenvalue weighted by Crippen LogP contribution is 2.10. The maximum absolute atomic E-state index is 11.4. The van der Waals surface area contributed by atoms with E-state index < -0.39 is 0 Å². The SMILES string of the molecule is CC(=O)N(C(C)C)N(C(C)=O)C(C)C. The third-order valence-electron chi connectivity index (χ3n) is 1.86. The van der Waals surface area contributed by atoms with Gasteiger partial charge in [-0.2, -0.15) is 0 Å². The van der Waals surface area contributed by atoms with Gasteiger partial charge in [-0.15, -0.1) is 0 Å². The van der Waals surface area contributed by atoms with E-state index in [1.54, 1.807) is 0 Å². The van der Waals surface area contributed by atoms with Gasteiger partial charge in [0.15, 0.2) is 0 Å². The summed E-state index contributed by atoms with van der Waals surface area (Å²) in [5, 5.41) is 2.99. The number of carbonyl (C=O) groups excluding carboxylic acids is 2. The van der Waals surface area contributed by atoms with Gasteiger partial charge in [0, 0.05) is 25.9 Å². The molecule has 0 aromatic rings. The lowest BCUT2D eigenvalue weighted by Gasteiger charge is -2.39. The minimum absolute atomic E-state index is 0.00111. The van der Waals surface area contributed by atoms with E-state index in [1.165, 1.54) is 23.9 Å². The number of hydrogen-bond acceptors (Lipinski definition) is 2. The first-order chi connectivity index (χ1) is 6.29. The summed E-state index contributed by atoms with van der Waals surface area (Å²) in [4.78, 5) is 22.7. The molecule has 0 unspecified atom stereocenters. The number of hydrogen-bond donors (Lipinski definition) is 0. The fourth-order valence-electron chi connectivity index (χ4n) is 1.53. The van der Waals surface area contributed by atoms with E-state index in [1.807, 2.05) is 27.7 Å². The average Bonchev–Trinajstić information content (AvgIpc) is 1.96. The van der Waals surface area contributed by atoms with E-state index in [9.17, 15) is 9.59 Å². The Hall–Kier alpha value is -1.06. The van der Waals surface area contributed by atoms with Crippen LogP contribution in [-0.4, -0.2) is 33.9 Å². The fourth-order valence-corrected chi connectivity index (χ4v) is 1.53. The van der Waals surface area contributed by atoms with E-state index in [0.29, 0.717) is 0 Å². The average molecular weight is 200 g/mol. The van der Waals surface area contributed by atoms with Crippen molar-refractivity contribution in [2.24, 2.45) is 0 Å². The van der Waals surface area contributed by atoms with Gasteiger partial charge < -0.3 is 0 Å². The Bertz CT molecular complexity index is 200. The molecular formula is C10H20N2O2. The van der Waals surface area contributed by atoms with Gasteiger partial charge >= 0.3 is 0 Å². The standard InChI is InChI=1S/C10H20N2O2/c1-7(2)11(9(5)13)12(8(3)4)10(6)14/h7-8H,1-6H3. The van der Waals surface area contributed by atoms with Crippen molar-refractivity contribution < 1.29 is 9.59 Å². The summed E-state index contributed by atoms with van der Waals surface area (Å²) >= 11 is 0. The first-order valence-corrected chi connectivity index (χ1v) is 4.88. The Labute approximate surface area is 85.8 Å². The predicted molar refractivity (Wildman–Crippen MR) is 55.3 cm³/mol. The van der Waals surface area contributed by atoms with Crippen LogP contribution in [-0.2, 0) is 9.59 Å². The molecule has 0 saturated heterocycles. The molecule has 82 valence electrons. The molecular weight excluding hydrogens is 180 g/mol. The Balaban J connectivity index is 4.93. The fraction of sp³-hybridized carbons (Fsp3) is 0.800. The molecule has 0 saturated carbocycles. The van der Waals surface area contributed by atoms with Crippen molar-refractivity contribution in [1.29, 1.82) is 0 Å². The topological polar surface area (TPSA) is 40.6 Å². The van der Waals surface area contributed by atoms with Crippen molar-refractivity contribution in [3.63, 3.8) is 0 Å². The molecule has 0 rings (SSSR count). The number of hydrazine groups is 1. The van der Waals surface area contributed by atoms with Crippen LogP contribution < -0.4 is 0 Å². The second-order valence-corrected chi connectivity index (χ2v) is 3.91. The molecule has 0 fully saturated rings. The molecule has 0 aromatic heterocycles. The Kier molecular flexibility index (Phi) is 4.60. The van der Waals surface area contributed by atoms with Crippen LogP contribution in [0.25, 0.3) is 0 Å². The van der Waals surface area contributed by atoms with Crippen molar-refractivity contribution >= 4 is 11.8 Å². The number of nitrogens with zero attached hydrogens (tertiary/aromatic N) is 2. The summed E-state index contributed by atoms with van der Waals surface area (Å²) in [6.45, 7) is 10.5. The van der Waals surface area contributed by atoms with Gasteiger partial charge in [-0.25, -0.2) is 10.0 Å². The van der Waals surface area contributed by atoms with Gasteiger partial charge in [0.05, 0.1) is 0 Å². The first kappa shape index (κ1) is 12.9. The Morgan fingerprint density at radius 2 is 1.00 bits per heavy atom. The lowest BCUT2D eigenvalue weighted by atomic mass is 10.3. The summed E-state index contributed by atoms with van der Waals surface area (Å²) in [6.07, 6.45) is 0. The number of carbonyl (C=O) groups is 2. The van der Waals surface area contributed by atoms with E-state index in [0.717, 1.165) is 0 Å². The second kappa shape index (κ2) is 4.98. The summed E-state index contributed by atoms with van der Waals surface area (Å²) in [5.74, 6) is -0.215. The van der Waals surface area contributed by atoms with Crippen LogP contribution in [0.15, 0.2) is 0 Å². The lowest BCUT2D eigenvalue weighted by molar-refractivity contribution is -0.169. The highest BCUT2D eigenvalue weighted by Gasteiger charge is 2.25. The summed E-state index contributed by atoms with van der Waals surface area (Å²) in [5.41, 5.74) is 0. The molecule has 0 aliphatic carbocycles. The van der Waals surface area contributed by atoms with Gasteiger partial charge in [0.25, 0.3) is 0 Å². The van der Waals surface area contributed by atoms with Crippen LogP contribution in [0.1, 0.15) is 41.5 Å². The van der Waals surface area contributed by atoms with E-state index >= 15 is 0 Å². The largest absolute Gasteiger partial charge is 0.273 e. The molecule has 4 nitrogen and oxygen atoms in total. The normalized spacial score (nSPS) is 10.6. The van der Waals surface area contributed by atoms with Gasteiger partial charge in [-0.05, 0) is 27.7 Å². The lowest BCUT2D eigenvalue weighted by Crippen LogP contribution is -2.54. The molecule has 0 radical (unpaired) electrons. The molecule has 0 atom stereocenters. The monoisotopic (exact) mass is 200 g/mol. The molecule has 0 N–H and O–H groups in total. The minimum atomic E-state index is -0.107. The summed E-state index contributed by atoms with van der Waals surface area (Å²) in [6, 6.07) is -0.00222. The number of rotatable bonds is 2. The quantitative estimate of drug-likeness (QED) is 0.632. The van der Waals surface area contributed by atoms with Crippen molar-refractivity contribution in [2.75, 3.05) is 0 Å². The van der Waals surface area contributed by atoms with Gasteiger partial charge in [0.2, 0.25) is 11.8 Å². The maximum atomic E-state index is 11.4. The third kappa shape index (κ3) is 3.01. The third-order valence-corrected chi connectivity index (χ3v) is 1.86. The van der Waals surface area contributed by atoms with E-state index in [4.69, 9.17) is 0 Å². The molecule has 2 amide bonds. The molecule has 0 spiro atoms. The van der Waals surface area contributed by atoms with Crippen LogP contribution >= 0.6 is 0 Å². The van der Waals surface area contributed by atoms with Gasteiger partial charge in [-0.1, -0.05) is 0 Å². The van der Waals surface area contributed by atoms with Crippen LogP contribution in [0.2, 0.25) is 0 Å². The molecule has 0 aromatic carbocycles. The minimum Gasteiger partial charge on any atom is -0.273 e. The second-order valence-electron chi connectivity index (χ2n) is 3.91. The summed E-state index contributed by atoms with van der Waals surface area (Å²) < 4.78 is 0. The van der Waals surface area contributed by atoms with Crippen LogP contribution in [0.5, 0.6) is 0 Å². The van der Waals surface area contributed by atoms with E-state index in [2.05, 4.69) is 0 Å². The van der Waals surface area contributed by atoms with Crippen LogP contribution in [0, 0.1) is 0 Å². The van der Waals surface area contributed by atoms with Crippen molar-refractivity contribution in [1.82, 2.24) is 10.0 Å². The highest BCUT2D eigenvalue weighted by atomic mass is 16.2. The van der Waals surface area contributed by atoms with Gasteiger partial charge in [0.1, 0.15) is 0 Å². The zero-order chi connectivity index (χ0) is 11.5. The highest BCUT2D eigenvalue weighted by molar-refractivity contribution is 5.79.